The molecule has 0 aromatic heterocycles. The summed E-state index contributed by atoms with van der Waals surface area (Å²) in [6, 6.07) is 6.94. The summed E-state index contributed by atoms with van der Waals surface area (Å²) >= 11 is 0. The number of nitrogens with zero attached hydrogens (tertiary/aromatic N) is 3. The summed E-state index contributed by atoms with van der Waals surface area (Å²) in [7, 11) is 1.43. The van der Waals surface area contributed by atoms with Crippen LogP contribution in [0, 0.1) is 0 Å². The van der Waals surface area contributed by atoms with E-state index in [9.17, 15) is 8.42 Å². The molecule has 0 amide bonds. The molecule has 0 bridgehead atoms. The van der Waals surface area contributed by atoms with Crippen LogP contribution in [0.1, 0.15) is 38.7 Å². The van der Waals surface area contributed by atoms with Gasteiger partial charge in [0.15, 0.2) is 5.96 Å². The average Bonchev–Trinajstić information content (AvgIpc) is 2.69. The Morgan fingerprint density at radius 3 is 2.25 bits per heavy atom. The second-order valence-corrected chi connectivity index (χ2v) is 10.2. The maximum Gasteiger partial charge on any atom is 0.242 e. The molecule has 158 valence electrons. The van der Waals surface area contributed by atoms with Crippen LogP contribution >= 0.6 is 0 Å². The van der Waals surface area contributed by atoms with Gasteiger partial charge in [0.2, 0.25) is 10.0 Å². The molecule has 28 heavy (non-hydrogen) atoms. The van der Waals surface area contributed by atoms with E-state index < -0.39 is 10.0 Å². The third kappa shape index (κ3) is 5.93. The minimum atomic E-state index is -3.39. The standard InChI is InChI=1S/C20H35N5O2S/c1-20(2,25-13-7-6-8-14-25)16-23-19(21-3)22-15-17-9-11-18(12-10-17)28(26,27)24(4)5/h9-12H,6-8,13-16H2,1-5H3,(H2,21,22,23). The molecule has 8 heteroatoms. The Morgan fingerprint density at radius 1 is 1.11 bits per heavy atom. The van der Waals surface area contributed by atoms with Crippen molar-refractivity contribution in [3.63, 3.8) is 0 Å². The Balaban J connectivity index is 1.88. The Kier molecular flexibility index (Phi) is 7.86. The van der Waals surface area contributed by atoms with Crippen molar-refractivity contribution >= 4 is 16.0 Å². The van der Waals surface area contributed by atoms with E-state index >= 15 is 0 Å². The highest BCUT2D eigenvalue weighted by Gasteiger charge is 2.27. The van der Waals surface area contributed by atoms with Gasteiger partial charge in [-0.1, -0.05) is 18.6 Å². The van der Waals surface area contributed by atoms with Gasteiger partial charge < -0.3 is 10.6 Å². The lowest BCUT2D eigenvalue weighted by atomic mass is 9.98. The zero-order valence-corrected chi connectivity index (χ0v) is 18.6. The molecular weight excluding hydrogens is 374 g/mol. The molecule has 0 atom stereocenters. The maximum absolute atomic E-state index is 12.1. The zero-order valence-electron chi connectivity index (χ0n) is 17.8. The number of sulfonamides is 1. The molecule has 2 rings (SSSR count). The second kappa shape index (κ2) is 9.71. The largest absolute Gasteiger partial charge is 0.355 e. The molecule has 1 fully saturated rings. The molecule has 1 aliphatic heterocycles. The third-order valence-electron chi connectivity index (χ3n) is 5.29. The van der Waals surface area contributed by atoms with Crippen molar-refractivity contribution in [3.8, 4) is 0 Å². The maximum atomic E-state index is 12.1. The summed E-state index contributed by atoms with van der Waals surface area (Å²) in [5.74, 6) is 0.745. The predicted octanol–water partition coefficient (Wildman–Crippen LogP) is 1.87. The molecule has 1 aliphatic rings. The smallest absolute Gasteiger partial charge is 0.242 e. The van der Waals surface area contributed by atoms with Gasteiger partial charge in [-0.15, -0.1) is 0 Å². The molecule has 7 nitrogen and oxygen atoms in total. The fourth-order valence-corrected chi connectivity index (χ4v) is 4.21. The van der Waals surface area contributed by atoms with Crippen LogP contribution in [0.25, 0.3) is 0 Å². The number of likely N-dealkylation sites (tertiary alicyclic amines) is 1. The second-order valence-electron chi connectivity index (χ2n) is 8.07. The molecule has 2 N–H and O–H groups in total. The van der Waals surface area contributed by atoms with Gasteiger partial charge in [0.05, 0.1) is 4.90 Å². The van der Waals surface area contributed by atoms with Gasteiger partial charge in [0.25, 0.3) is 0 Å². The number of hydrogen-bond acceptors (Lipinski definition) is 4. The minimum Gasteiger partial charge on any atom is -0.355 e. The van der Waals surface area contributed by atoms with E-state index in [0.717, 1.165) is 31.2 Å². The number of guanidine groups is 1. The van der Waals surface area contributed by atoms with Crippen LogP contribution in [-0.2, 0) is 16.6 Å². The van der Waals surface area contributed by atoms with Crippen molar-refractivity contribution in [1.82, 2.24) is 19.8 Å². The lowest BCUT2D eigenvalue weighted by molar-refractivity contribution is 0.0982. The highest BCUT2D eigenvalue weighted by atomic mass is 32.2. The molecule has 1 aromatic carbocycles. The quantitative estimate of drug-likeness (QED) is 0.531. The number of hydrogen-bond donors (Lipinski definition) is 2. The van der Waals surface area contributed by atoms with E-state index in [0.29, 0.717) is 11.4 Å². The highest BCUT2D eigenvalue weighted by molar-refractivity contribution is 7.89. The molecule has 0 aliphatic carbocycles. The average molecular weight is 410 g/mol. The Labute approximate surface area is 170 Å². The SMILES string of the molecule is CN=C(NCc1ccc(S(=O)(=O)N(C)C)cc1)NCC(C)(C)N1CCCCC1. The summed E-state index contributed by atoms with van der Waals surface area (Å²) in [6.07, 6.45) is 3.88. The third-order valence-corrected chi connectivity index (χ3v) is 7.12. The molecule has 1 aromatic rings. The summed E-state index contributed by atoms with van der Waals surface area (Å²) in [5, 5.41) is 6.73. The van der Waals surface area contributed by atoms with Crippen molar-refractivity contribution in [2.24, 2.45) is 4.99 Å². The van der Waals surface area contributed by atoms with Crippen molar-refractivity contribution in [1.29, 1.82) is 0 Å². The van der Waals surface area contributed by atoms with Crippen LogP contribution < -0.4 is 10.6 Å². The topological polar surface area (TPSA) is 77.0 Å². The summed E-state index contributed by atoms with van der Waals surface area (Å²) in [6.45, 7) is 8.23. The van der Waals surface area contributed by atoms with Crippen LogP contribution in [-0.4, -0.2) is 69.9 Å². The van der Waals surface area contributed by atoms with Gasteiger partial charge in [-0.25, -0.2) is 12.7 Å². The number of nitrogens with one attached hydrogen (secondary N) is 2. The Hall–Kier alpha value is -1.64. The van der Waals surface area contributed by atoms with Gasteiger partial charge in [-0.2, -0.15) is 0 Å². The van der Waals surface area contributed by atoms with Crippen LogP contribution in [0.4, 0.5) is 0 Å². The van der Waals surface area contributed by atoms with E-state index in [1.165, 1.54) is 37.7 Å². The van der Waals surface area contributed by atoms with Gasteiger partial charge in [0, 0.05) is 39.8 Å². The Morgan fingerprint density at radius 2 is 1.71 bits per heavy atom. The molecule has 1 saturated heterocycles. The Bertz CT molecular complexity index is 751. The molecular formula is C20H35N5O2S. The van der Waals surface area contributed by atoms with Crippen LogP contribution in [0.15, 0.2) is 34.2 Å². The van der Waals surface area contributed by atoms with E-state index in [-0.39, 0.29) is 5.54 Å². The molecule has 0 saturated carbocycles. The first-order valence-electron chi connectivity index (χ1n) is 9.88. The normalized spacial score (nSPS) is 17.0. The minimum absolute atomic E-state index is 0.0697. The molecule has 1 heterocycles. The predicted molar refractivity (Wildman–Crippen MR) is 115 cm³/mol. The van der Waals surface area contributed by atoms with Gasteiger partial charge in [-0.3, -0.25) is 9.89 Å². The molecule has 0 spiro atoms. The van der Waals surface area contributed by atoms with Gasteiger partial charge in [0.1, 0.15) is 0 Å². The fraction of sp³-hybridized carbons (Fsp3) is 0.650. The first kappa shape index (κ1) is 22.6. The molecule has 0 unspecified atom stereocenters. The van der Waals surface area contributed by atoms with Crippen molar-refractivity contribution in [2.75, 3.05) is 40.8 Å². The number of benzene rings is 1. The van der Waals surface area contributed by atoms with Crippen LogP contribution in [0.5, 0.6) is 0 Å². The van der Waals surface area contributed by atoms with Crippen molar-refractivity contribution < 1.29 is 8.42 Å². The van der Waals surface area contributed by atoms with Crippen LogP contribution in [0.3, 0.4) is 0 Å². The van der Waals surface area contributed by atoms with E-state index in [4.69, 9.17) is 0 Å². The van der Waals surface area contributed by atoms with Crippen molar-refractivity contribution in [3.05, 3.63) is 29.8 Å². The number of rotatable bonds is 7. The van der Waals surface area contributed by atoms with E-state index in [2.05, 4.69) is 34.4 Å². The van der Waals surface area contributed by atoms with Gasteiger partial charge >= 0.3 is 0 Å². The van der Waals surface area contributed by atoms with Gasteiger partial charge in [-0.05, 0) is 57.5 Å². The van der Waals surface area contributed by atoms with Crippen molar-refractivity contribution in [2.45, 2.75) is 50.1 Å². The van der Waals surface area contributed by atoms with E-state index in [1.54, 1.807) is 19.2 Å². The monoisotopic (exact) mass is 409 g/mol. The molecule has 0 radical (unpaired) electrons. The first-order chi connectivity index (χ1) is 13.2. The summed E-state index contributed by atoms with van der Waals surface area (Å²) in [4.78, 5) is 7.15. The van der Waals surface area contributed by atoms with E-state index in [1.807, 2.05) is 12.1 Å². The zero-order chi connectivity index (χ0) is 20.8. The lowest BCUT2D eigenvalue weighted by Crippen LogP contribution is -2.54. The summed E-state index contributed by atoms with van der Waals surface area (Å²) in [5.41, 5.74) is 1.07. The summed E-state index contributed by atoms with van der Waals surface area (Å²) < 4.78 is 25.5. The highest BCUT2D eigenvalue weighted by Crippen LogP contribution is 2.19. The van der Waals surface area contributed by atoms with Crippen LogP contribution in [0.2, 0.25) is 0 Å². The lowest BCUT2D eigenvalue weighted by Gasteiger charge is -2.41. The first-order valence-corrected chi connectivity index (χ1v) is 11.3. The number of aliphatic imine (C=N–C) groups is 1. The fourth-order valence-electron chi connectivity index (χ4n) is 3.31. The number of piperidine rings is 1.